The van der Waals surface area contributed by atoms with Crippen LogP contribution in [0.25, 0.3) is 5.53 Å². The summed E-state index contributed by atoms with van der Waals surface area (Å²) >= 11 is 0. The Kier molecular flexibility index (Phi) is 4.78. The predicted molar refractivity (Wildman–Crippen MR) is 62.6 cm³/mol. The molecule has 18 heavy (non-hydrogen) atoms. The highest BCUT2D eigenvalue weighted by molar-refractivity contribution is 6.65. The van der Waals surface area contributed by atoms with Crippen LogP contribution in [0.4, 0.5) is 0 Å². The Hall–Kier alpha value is -2.46. The molecule has 1 rings (SSSR count). The van der Waals surface area contributed by atoms with Gasteiger partial charge in [-0.05, 0) is 19.1 Å². The van der Waals surface area contributed by atoms with Gasteiger partial charge in [0, 0.05) is 5.56 Å². The van der Waals surface area contributed by atoms with Gasteiger partial charge >= 0.3 is 11.7 Å². The van der Waals surface area contributed by atoms with Gasteiger partial charge in [0.25, 0.3) is 5.78 Å². The van der Waals surface area contributed by atoms with E-state index in [2.05, 4.69) is 9.53 Å². The SMILES string of the molecule is CCOC(=O)C(=[N+]=[N-])C(=O)c1cccc(OC)c1. The summed E-state index contributed by atoms with van der Waals surface area (Å²) in [6, 6.07) is 6.16. The maximum absolute atomic E-state index is 11.9. The van der Waals surface area contributed by atoms with Crippen LogP contribution in [0.1, 0.15) is 17.3 Å². The van der Waals surface area contributed by atoms with Crippen molar-refractivity contribution in [1.82, 2.24) is 0 Å². The first-order chi connectivity index (χ1) is 8.63. The van der Waals surface area contributed by atoms with Gasteiger partial charge in [0.15, 0.2) is 0 Å². The van der Waals surface area contributed by atoms with Crippen molar-refractivity contribution in [2.45, 2.75) is 6.92 Å². The van der Waals surface area contributed by atoms with E-state index < -0.39 is 17.5 Å². The lowest BCUT2D eigenvalue weighted by Crippen LogP contribution is -2.27. The van der Waals surface area contributed by atoms with Crippen LogP contribution in [-0.2, 0) is 9.53 Å². The lowest BCUT2D eigenvalue weighted by atomic mass is 10.1. The van der Waals surface area contributed by atoms with Gasteiger partial charge in [-0.15, -0.1) is 0 Å². The van der Waals surface area contributed by atoms with Crippen LogP contribution >= 0.6 is 0 Å². The number of ketones is 1. The van der Waals surface area contributed by atoms with Gasteiger partial charge < -0.3 is 15.0 Å². The van der Waals surface area contributed by atoms with Crippen LogP contribution in [0.5, 0.6) is 5.75 Å². The standard InChI is InChI=1S/C12H12N2O4/c1-3-18-12(16)10(14-13)11(15)8-5-4-6-9(7-8)17-2/h4-7H,3H2,1-2H3. The van der Waals surface area contributed by atoms with Gasteiger partial charge in [-0.25, -0.2) is 4.79 Å². The minimum atomic E-state index is -0.965. The molecule has 6 nitrogen and oxygen atoms in total. The molecule has 0 N–H and O–H groups in total. The molecular weight excluding hydrogens is 236 g/mol. The number of hydrogen-bond donors (Lipinski definition) is 0. The van der Waals surface area contributed by atoms with Gasteiger partial charge in [-0.3, -0.25) is 4.79 Å². The van der Waals surface area contributed by atoms with Crippen molar-refractivity contribution in [3.05, 3.63) is 35.4 Å². The third-order valence-corrected chi connectivity index (χ3v) is 2.12. The third-order valence-electron chi connectivity index (χ3n) is 2.12. The maximum atomic E-state index is 11.9. The van der Waals surface area contributed by atoms with Crippen molar-refractivity contribution in [3.8, 4) is 5.75 Å². The Labute approximate surface area is 104 Å². The molecule has 0 aliphatic carbocycles. The molecule has 0 unspecified atom stereocenters. The van der Waals surface area contributed by atoms with E-state index in [9.17, 15) is 9.59 Å². The Morgan fingerprint density at radius 2 is 2.11 bits per heavy atom. The fraction of sp³-hybridized carbons (Fsp3) is 0.250. The average molecular weight is 248 g/mol. The summed E-state index contributed by atoms with van der Waals surface area (Å²) in [5.41, 5.74) is 8.23. The van der Waals surface area contributed by atoms with Crippen LogP contribution in [0.2, 0.25) is 0 Å². The topological polar surface area (TPSA) is 89.0 Å². The minimum absolute atomic E-state index is 0.0866. The molecule has 0 atom stereocenters. The smallest absolute Gasteiger partial charge is 0.446 e. The second kappa shape index (κ2) is 6.32. The Morgan fingerprint density at radius 3 is 2.67 bits per heavy atom. The van der Waals surface area contributed by atoms with Crippen molar-refractivity contribution in [3.63, 3.8) is 0 Å². The Balaban J connectivity index is 3.04. The normalized spacial score (nSPS) is 9.22. The van der Waals surface area contributed by atoms with Crippen LogP contribution in [0.15, 0.2) is 24.3 Å². The van der Waals surface area contributed by atoms with E-state index in [1.165, 1.54) is 19.2 Å². The van der Waals surface area contributed by atoms with E-state index >= 15 is 0 Å². The number of carbonyl (C=O) groups excluding carboxylic acids is 2. The Morgan fingerprint density at radius 1 is 1.39 bits per heavy atom. The zero-order valence-electron chi connectivity index (χ0n) is 10.0. The molecule has 0 fully saturated rings. The molecule has 0 amide bonds. The zero-order chi connectivity index (χ0) is 13.5. The van der Waals surface area contributed by atoms with E-state index in [-0.39, 0.29) is 12.2 Å². The first-order valence-corrected chi connectivity index (χ1v) is 5.22. The summed E-state index contributed by atoms with van der Waals surface area (Å²) in [5.74, 6) is -1.23. The molecule has 94 valence electrons. The Bertz CT molecular complexity index is 519. The number of methoxy groups -OCH3 is 1. The van der Waals surface area contributed by atoms with Crippen LogP contribution < -0.4 is 4.74 Å². The molecule has 0 saturated carbocycles. The fourth-order valence-corrected chi connectivity index (χ4v) is 1.28. The second-order valence-electron chi connectivity index (χ2n) is 3.23. The molecule has 0 saturated heterocycles. The van der Waals surface area contributed by atoms with E-state index in [1.54, 1.807) is 19.1 Å². The van der Waals surface area contributed by atoms with Gasteiger partial charge in [-0.1, -0.05) is 12.1 Å². The number of carbonyl (C=O) groups is 2. The highest BCUT2D eigenvalue weighted by Crippen LogP contribution is 2.13. The third kappa shape index (κ3) is 3.02. The van der Waals surface area contributed by atoms with E-state index in [0.717, 1.165) is 0 Å². The van der Waals surface area contributed by atoms with Crippen LogP contribution in [0, 0.1) is 0 Å². The number of ether oxygens (including phenoxy) is 2. The molecule has 0 spiro atoms. The molecule has 0 aliphatic rings. The van der Waals surface area contributed by atoms with E-state index in [1.807, 2.05) is 0 Å². The van der Waals surface area contributed by atoms with Crippen molar-refractivity contribution in [2.75, 3.05) is 13.7 Å². The molecule has 0 radical (unpaired) electrons. The highest BCUT2D eigenvalue weighted by atomic mass is 16.5. The molecule has 0 heterocycles. The molecule has 0 bridgehead atoms. The summed E-state index contributed by atoms with van der Waals surface area (Å²) in [7, 11) is 1.45. The average Bonchev–Trinajstić information content (AvgIpc) is 2.40. The second-order valence-corrected chi connectivity index (χ2v) is 3.23. The van der Waals surface area contributed by atoms with Crippen molar-refractivity contribution in [1.29, 1.82) is 0 Å². The fourth-order valence-electron chi connectivity index (χ4n) is 1.28. The minimum Gasteiger partial charge on any atom is -0.497 e. The summed E-state index contributed by atoms with van der Waals surface area (Å²) in [6.07, 6.45) is 0. The van der Waals surface area contributed by atoms with E-state index in [0.29, 0.717) is 5.75 Å². The highest BCUT2D eigenvalue weighted by Gasteiger charge is 2.32. The molecule has 0 aliphatic heterocycles. The van der Waals surface area contributed by atoms with Crippen molar-refractivity contribution >= 4 is 17.5 Å². The van der Waals surface area contributed by atoms with Gasteiger partial charge in [0.1, 0.15) is 5.75 Å². The van der Waals surface area contributed by atoms with Crippen LogP contribution in [-0.4, -0.2) is 36.0 Å². The first-order valence-electron chi connectivity index (χ1n) is 5.22. The quantitative estimate of drug-likeness (QED) is 0.195. The maximum Gasteiger partial charge on any atom is 0.446 e. The number of hydrogen-bond acceptors (Lipinski definition) is 4. The predicted octanol–water partition coefficient (Wildman–Crippen LogP) is 1.11. The molecule has 0 aromatic heterocycles. The van der Waals surface area contributed by atoms with Crippen molar-refractivity contribution < 1.29 is 23.9 Å². The number of benzene rings is 1. The number of rotatable bonds is 5. The zero-order valence-corrected chi connectivity index (χ0v) is 10.0. The molecule has 6 heteroatoms. The number of Topliss-reactive ketones (excluding diaryl/α,β-unsaturated/α-hetero) is 1. The first kappa shape index (κ1) is 13.6. The van der Waals surface area contributed by atoms with Gasteiger partial charge in [0.2, 0.25) is 0 Å². The summed E-state index contributed by atoms with van der Waals surface area (Å²) < 4.78 is 9.57. The monoisotopic (exact) mass is 248 g/mol. The lowest BCUT2D eigenvalue weighted by molar-refractivity contribution is -0.139. The molecule has 1 aromatic rings. The van der Waals surface area contributed by atoms with Gasteiger partial charge in [-0.2, -0.15) is 4.79 Å². The van der Waals surface area contributed by atoms with E-state index in [4.69, 9.17) is 10.3 Å². The number of esters is 1. The summed E-state index contributed by atoms with van der Waals surface area (Å²) in [4.78, 5) is 26.0. The van der Waals surface area contributed by atoms with Crippen LogP contribution in [0.3, 0.4) is 0 Å². The lowest BCUT2D eigenvalue weighted by Gasteiger charge is -2.01. The molecular formula is C12H12N2O4. The van der Waals surface area contributed by atoms with Crippen molar-refractivity contribution in [2.24, 2.45) is 0 Å². The molecule has 1 aromatic carbocycles. The number of nitrogens with zero attached hydrogens (tertiary/aromatic N) is 2. The summed E-state index contributed by atoms with van der Waals surface area (Å²) in [6.45, 7) is 1.67. The largest absolute Gasteiger partial charge is 0.497 e. The summed E-state index contributed by atoms with van der Waals surface area (Å²) in [5, 5.41) is 0. The van der Waals surface area contributed by atoms with Gasteiger partial charge in [0.05, 0.1) is 13.7 Å².